The SMILES string of the molecule is COc1ccc(Br)c2c1OC1=C(C(=O)CCC1)C2n1nnc2ccccc21. The van der Waals surface area contributed by atoms with E-state index in [0.29, 0.717) is 29.3 Å². The van der Waals surface area contributed by atoms with Crippen molar-refractivity contribution in [1.29, 1.82) is 0 Å². The van der Waals surface area contributed by atoms with Crippen LogP contribution in [0.5, 0.6) is 11.5 Å². The summed E-state index contributed by atoms with van der Waals surface area (Å²) in [5, 5.41) is 8.70. The maximum Gasteiger partial charge on any atom is 0.175 e. The van der Waals surface area contributed by atoms with Gasteiger partial charge in [-0.25, -0.2) is 4.68 Å². The fourth-order valence-electron chi connectivity index (χ4n) is 3.91. The lowest BCUT2D eigenvalue weighted by Crippen LogP contribution is -2.29. The molecule has 0 spiro atoms. The highest BCUT2D eigenvalue weighted by atomic mass is 79.9. The number of nitrogens with zero attached hydrogens (tertiary/aromatic N) is 3. The minimum absolute atomic E-state index is 0.0983. The largest absolute Gasteiger partial charge is 0.493 e. The molecule has 2 heterocycles. The van der Waals surface area contributed by atoms with Crippen molar-refractivity contribution in [2.75, 3.05) is 7.11 Å². The van der Waals surface area contributed by atoms with Gasteiger partial charge < -0.3 is 9.47 Å². The highest BCUT2D eigenvalue weighted by Gasteiger charge is 2.40. The molecule has 2 aromatic carbocycles. The van der Waals surface area contributed by atoms with E-state index in [9.17, 15) is 4.79 Å². The summed E-state index contributed by atoms with van der Waals surface area (Å²) in [5.74, 6) is 2.07. The molecule has 1 aromatic heterocycles. The van der Waals surface area contributed by atoms with Crippen LogP contribution in [0.15, 0.2) is 52.2 Å². The van der Waals surface area contributed by atoms with E-state index in [0.717, 1.165) is 33.9 Å². The lowest BCUT2D eigenvalue weighted by atomic mass is 9.85. The Kier molecular flexibility index (Phi) is 3.79. The summed E-state index contributed by atoms with van der Waals surface area (Å²) in [7, 11) is 1.61. The number of benzene rings is 2. The van der Waals surface area contributed by atoms with Crippen molar-refractivity contribution in [3.63, 3.8) is 0 Å². The summed E-state index contributed by atoms with van der Waals surface area (Å²) in [6.07, 6.45) is 2.02. The van der Waals surface area contributed by atoms with E-state index in [4.69, 9.17) is 9.47 Å². The molecule has 1 aliphatic heterocycles. The van der Waals surface area contributed by atoms with E-state index < -0.39 is 6.04 Å². The van der Waals surface area contributed by atoms with Crippen molar-refractivity contribution in [2.45, 2.75) is 25.3 Å². The number of rotatable bonds is 2. The molecule has 3 aromatic rings. The van der Waals surface area contributed by atoms with Gasteiger partial charge in [0.2, 0.25) is 0 Å². The Morgan fingerprint density at radius 1 is 1.22 bits per heavy atom. The van der Waals surface area contributed by atoms with E-state index in [2.05, 4.69) is 26.2 Å². The Balaban J connectivity index is 1.84. The van der Waals surface area contributed by atoms with Crippen LogP contribution in [0.1, 0.15) is 30.9 Å². The molecule has 0 saturated carbocycles. The van der Waals surface area contributed by atoms with Crippen molar-refractivity contribution in [2.24, 2.45) is 0 Å². The molecule has 1 aliphatic carbocycles. The number of carbonyl (C=O) groups is 1. The molecule has 136 valence electrons. The van der Waals surface area contributed by atoms with Gasteiger partial charge in [-0.3, -0.25) is 4.79 Å². The van der Waals surface area contributed by atoms with Gasteiger partial charge in [0.25, 0.3) is 0 Å². The molecule has 2 aliphatic rings. The summed E-state index contributed by atoms with van der Waals surface area (Å²) in [5.41, 5.74) is 3.16. The van der Waals surface area contributed by atoms with Crippen molar-refractivity contribution in [1.82, 2.24) is 15.0 Å². The van der Waals surface area contributed by atoms with Crippen LogP contribution >= 0.6 is 15.9 Å². The first-order valence-electron chi connectivity index (χ1n) is 8.79. The van der Waals surface area contributed by atoms with Gasteiger partial charge in [-0.15, -0.1) is 5.10 Å². The first kappa shape index (κ1) is 16.5. The Morgan fingerprint density at radius 3 is 2.93 bits per heavy atom. The molecule has 0 bridgehead atoms. The van der Waals surface area contributed by atoms with Gasteiger partial charge in [0.05, 0.1) is 18.2 Å². The van der Waals surface area contributed by atoms with Crippen molar-refractivity contribution < 1.29 is 14.3 Å². The normalized spacial score (nSPS) is 18.9. The van der Waals surface area contributed by atoms with Crippen LogP contribution in [-0.2, 0) is 4.79 Å². The molecule has 1 unspecified atom stereocenters. The highest BCUT2D eigenvalue weighted by Crippen LogP contribution is 2.50. The third kappa shape index (κ3) is 2.41. The minimum Gasteiger partial charge on any atom is -0.493 e. The van der Waals surface area contributed by atoms with E-state index in [1.54, 1.807) is 7.11 Å². The number of ether oxygens (including phenoxy) is 2. The first-order chi connectivity index (χ1) is 13.2. The molecule has 1 atom stereocenters. The van der Waals surface area contributed by atoms with E-state index in [1.807, 2.05) is 41.1 Å². The van der Waals surface area contributed by atoms with Crippen molar-refractivity contribution >= 4 is 32.7 Å². The van der Waals surface area contributed by atoms with Crippen LogP contribution in [0.3, 0.4) is 0 Å². The van der Waals surface area contributed by atoms with Crippen molar-refractivity contribution in [3.8, 4) is 11.5 Å². The molecule has 7 heteroatoms. The molecule has 0 saturated heterocycles. The molecular formula is C20H16BrN3O3. The van der Waals surface area contributed by atoms with Gasteiger partial charge >= 0.3 is 0 Å². The van der Waals surface area contributed by atoms with Gasteiger partial charge in [-0.05, 0) is 30.7 Å². The Hall–Kier alpha value is -2.67. The van der Waals surface area contributed by atoms with Crippen molar-refractivity contribution in [3.05, 3.63) is 57.8 Å². The maximum absolute atomic E-state index is 12.9. The molecule has 0 radical (unpaired) electrons. The van der Waals surface area contributed by atoms with Crippen LogP contribution in [0.2, 0.25) is 0 Å². The summed E-state index contributed by atoms with van der Waals surface area (Å²) < 4.78 is 14.4. The molecule has 27 heavy (non-hydrogen) atoms. The number of para-hydroxylation sites is 1. The second-order valence-electron chi connectivity index (χ2n) is 6.63. The number of hydrogen-bond acceptors (Lipinski definition) is 5. The average Bonchev–Trinajstić information content (AvgIpc) is 3.11. The van der Waals surface area contributed by atoms with Crippen LogP contribution in [0, 0.1) is 0 Å². The van der Waals surface area contributed by atoms with Crippen LogP contribution < -0.4 is 9.47 Å². The van der Waals surface area contributed by atoms with Gasteiger partial charge in [-0.1, -0.05) is 33.3 Å². The summed E-state index contributed by atoms with van der Waals surface area (Å²) in [4.78, 5) is 12.9. The summed E-state index contributed by atoms with van der Waals surface area (Å²) in [6.45, 7) is 0. The fourth-order valence-corrected chi connectivity index (χ4v) is 4.44. The average molecular weight is 426 g/mol. The molecule has 0 fully saturated rings. The number of aromatic nitrogens is 3. The minimum atomic E-state index is -0.409. The van der Waals surface area contributed by atoms with Crippen LogP contribution in [0.4, 0.5) is 0 Å². The smallest absolute Gasteiger partial charge is 0.175 e. The Labute approximate surface area is 163 Å². The van der Waals surface area contributed by atoms with Gasteiger partial charge in [0, 0.05) is 22.9 Å². The van der Waals surface area contributed by atoms with E-state index >= 15 is 0 Å². The standard InChI is InChI=1S/C20H16BrN3O3/c1-26-16-10-9-11(21)17-19(24-13-6-3-2-5-12(13)22-23-24)18-14(25)7-4-8-15(18)27-20(16)17/h2-3,5-6,9-10,19H,4,7-8H2,1H3. The quantitative estimate of drug-likeness (QED) is 0.615. The second-order valence-corrected chi connectivity index (χ2v) is 7.49. The molecule has 0 amide bonds. The molecule has 5 rings (SSSR count). The number of ketones is 1. The van der Waals surface area contributed by atoms with Crippen LogP contribution in [-0.4, -0.2) is 27.9 Å². The summed E-state index contributed by atoms with van der Waals surface area (Å²) >= 11 is 3.64. The van der Waals surface area contributed by atoms with Gasteiger partial charge in [0.1, 0.15) is 17.3 Å². The number of fused-ring (bicyclic) bond motifs is 2. The number of Topliss-reactive ketones (excluding diaryl/α,β-unsaturated/α-hetero) is 1. The monoisotopic (exact) mass is 425 g/mol. The number of methoxy groups -OCH3 is 1. The third-order valence-electron chi connectivity index (χ3n) is 5.13. The lowest BCUT2D eigenvalue weighted by molar-refractivity contribution is -0.116. The zero-order valence-electron chi connectivity index (χ0n) is 14.6. The number of halogens is 1. The number of carbonyl (C=O) groups excluding carboxylic acids is 1. The predicted octanol–water partition coefficient (Wildman–Crippen LogP) is 4.19. The molecule has 6 nitrogen and oxygen atoms in total. The van der Waals surface area contributed by atoms with Gasteiger partial charge in [0.15, 0.2) is 17.3 Å². The predicted molar refractivity (Wildman–Crippen MR) is 103 cm³/mol. The topological polar surface area (TPSA) is 66.2 Å². The third-order valence-corrected chi connectivity index (χ3v) is 5.82. The Morgan fingerprint density at radius 2 is 2.07 bits per heavy atom. The van der Waals surface area contributed by atoms with Gasteiger partial charge in [-0.2, -0.15) is 0 Å². The lowest BCUT2D eigenvalue weighted by Gasteiger charge is -2.33. The summed E-state index contributed by atoms with van der Waals surface area (Å²) in [6, 6.07) is 11.1. The number of hydrogen-bond donors (Lipinski definition) is 0. The highest BCUT2D eigenvalue weighted by molar-refractivity contribution is 9.10. The number of allylic oxidation sites excluding steroid dienone is 2. The maximum atomic E-state index is 12.9. The van der Waals surface area contributed by atoms with E-state index in [-0.39, 0.29) is 5.78 Å². The molecular weight excluding hydrogens is 410 g/mol. The fraction of sp³-hybridized carbons (Fsp3) is 0.250. The van der Waals surface area contributed by atoms with Crippen LogP contribution in [0.25, 0.3) is 11.0 Å². The first-order valence-corrected chi connectivity index (χ1v) is 9.58. The van der Waals surface area contributed by atoms with E-state index in [1.165, 1.54) is 0 Å². The molecule has 0 N–H and O–H groups in total. The Bertz CT molecular complexity index is 1120. The second kappa shape index (κ2) is 6.20. The zero-order chi connectivity index (χ0) is 18.5. The zero-order valence-corrected chi connectivity index (χ0v) is 16.2.